The third-order valence-corrected chi connectivity index (χ3v) is 5.48. The molecule has 0 spiro atoms. The van der Waals surface area contributed by atoms with Crippen LogP contribution in [0.15, 0.2) is 0 Å². The van der Waals surface area contributed by atoms with E-state index in [9.17, 15) is 0 Å². The lowest BCUT2D eigenvalue weighted by atomic mass is 9.68. The molecule has 0 aromatic heterocycles. The Morgan fingerprint density at radius 3 is 2.25 bits per heavy atom. The van der Waals surface area contributed by atoms with Crippen LogP contribution < -0.4 is 5.32 Å². The Morgan fingerprint density at radius 1 is 1.00 bits per heavy atom. The Labute approximate surface area is 128 Å². The first kappa shape index (κ1) is 18.0. The van der Waals surface area contributed by atoms with Gasteiger partial charge in [0.2, 0.25) is 0 Å². The van der Waals surface area contributed by atoms with Gasteiger partial charge in [-0.3, -0.25) is 0 Å². The molecule has 0 heterocycles. The molecule has 1 nitrogen and oxygen atoms in total. The molecule has 1 aliphatic rings. The van der Waals surface area contributed by atoms with Gasteiger partial charge in [0.25, 0.3) is 0 Å². The summed E-state index contributed by atoms with van der Waals surface area (Å²) in [6.45, 7) is 16.7. The van der Waals surface area contributed by atoms with E-state index in [2.05, 4.69) is 46.9 Å². The first-order chi connectivity index (χ1) is 9.43. The lowest BCUT2D eigenvalue weighted by molar-refractivity contribution is 0.124. The van der Waals surface area contributed by atoms with Gasteiger partial charge in [-0.05, 0) is 74.3 Å². The Kier molecular flexibility index (Phi) is 8.17. The molecule has 0 radical (unpaired) electrons. The number of hydrogen-bond acceptors (Lipinski definition) is 1. The molecule has 0 aromatic carbocycles. The van der Waals surface area contributed by atoms with Crippen molar-refractivity contribution in [2.24, 2.45) is 35.5 Å². The van der Waals surface area contributed by atoms with E-state index >= 15 is 0 Å². The fourth-order valence-corrected chi connectivity index (χ4v) is 3.77. The van der Waals surface area contributed by atoms with Gasteiger partial charge in [0.1, 0.15) is 0 Å². The maximum Gasteiger partial charge on any atom is -0.00178 e. The fraction of sp³-hybridized carbons (Fsp3) is 1.00. The maximum absolute atomic E-state index is 3.72. The minimum Gasteiger partial charge on any atom is -0.316 e. The lowest BCUT2D eigenvalue weighted by Gasteiger charge is -2.39. The summed E-state index contributed by atoms with van der Waals surface area (Å²) in [6, 6.07) is 0. The molecule has 1 saturated carbocycles. The average molecular weight is 282 g/mol. The average Bonchev–Trinajstić information content (AvgIpc) is 2.39. The van der Waals surface area contributed by atoms with Gasteiger partial charge < -0.3 is 5.32 Å². The van der Waals surface area contributed by atoms with Crippen molar-refractivity contribution in [1.82, 2.24) is 5.32 Å². The van der Waals surface area contributed by atoms with E-state index in [4.69, 9.17) is 0 Å². The summed E-state index contributed by atoms with van der Waals surface area (Å²) in [4.78, 5) is 0. The fourth-order valence-electron chi connectivity index (χ4n) is 3.77. The Hall–Kier alpha value is -0.0400. The molecule has 1 N–H and O–H groups in total. The molecule has 20 heavy (non-hydrogen) atoms. The van der Waals surface area contributed by atoms with Crippen LogP contribution in [0.4, 0.5) is 0 Å². The van der Waals surface area contributed by atoms with Crippen LogP contribution in [0, 0.1) is 35.5 Å². The standard InChI is InChI=1S/C19H39N/c1-7-16(6)10-19-11-17(15(4)5)8-9-18(19)13-20-12-14(2)3/h14-20H,7-13H2,1-6H3. The van der Waals surface area contributed by atoms with E-state index in [0.29, 0.717) is 0 Å². The van der Waals surface area contributed by atoms with E-state index in [1.54, 1.807) is 0 Å². The van der Waals surface area contributed by atoms with Gasteiger partial charge >= 0.3 is 0 Å². The van der Waals surface area contributed by atoms with E-state index < -0.39 is 0 Å². The second-order valence-electron chi connectivity index (χ2n) is 8.14. The topological polar surface area (TPSA) is 12.0 Å². The monoisotopic (exact) mass is 281 g/mol. The van der Waals surface area contributed by atoms with Crippen molar-refractivity contribution in [3.63, 3.8) is 0 Å². The van der Waals surface area contributed by atoms with Gasteiger partial charge in [0.15, 0.2) is 0 Å². The van der Waals surface area contributed by atoms with Gasteiger partial charge in [-0.25, -0.2) is 0 Å². The molecule has 4 atom stereocenters. The molecule has 1 heteroatoms. The quantitative estimate of drug-likeness (QED) is 0.632. The lowest BCUT2D eigenvalue weighted by Crippen LogP contribution is -2.36. The largest absolute Gasteiger partial charge is 0.316 e. The molecule has 4 unspecified atom stereocenters. The van der Waals surface area contributed by atoms with Gasteiger partial charge in [0, 0.05) is 0 Å². The van der Waals surface area contributed by atoms with Crippen LogP contribution in [0.2, 0.25) is 0 Å². The van der Waals surface area contributed by atoms with Crippen LogP contribution in [-0.2, 0) is 0 Å². The van der Waals surface area contributed by atoms with Gasteiger partial charge in [0.05, 0.1) is 0 Å². The molecule has 1 rings (SSSR count). The molecule has 0 amide bonds. The van der Waals surface area contributed by atoms with E-state index in [-0.39, 0.29) is 0 Å². The van der Waals surface area contributed by atoms with Crippen LogP contribution in [0.3, 0.4) is 0 Å². The smallest absolute Gasteiger partial charge is 0.00178 e. The predicted octanol–water partition coefficient (Wildman–Crippen LogP) is 5.36. The van der Waals surface area contributed by atoms with Crippen LogP contribution >= 0.6 is 0 Å². The van der Waals surface area contributed by atoms with E-state index in [1.807, 2.05) is 0 Å². The Balaban J connectivity index is 2.51. The summed E-state index contributed by atoms with van der Waals surface area (Å²) >= 11 is 0. The molecule has 0 saturated heterocycles. The highest BCUT2D eigenvalue weighted by molar-refractivity contribution is 4.83. The summed E-state index contributed by atoms with van der Waals surface area (Å²) < 4.78 is 0. The van der Waals surface area contributed by atoms with Crippen molar-refractivity contribution in [1.29, 1.82) is 0 Å². The summed E-state index contributed by atoms with van der Waals surface area (Å²) in [5.74, 6) is 5.42. The van der Waals surface area contributed by atoms with Crippen molar-refractivity contribution < 1.29 is 0 Å². The first-order valence-corrected chi connectivity index (χ1v) is 9.14. The summed E-state index contributed by atoms with van der Waals surface area (Å²) in [6.07, 6.45) is 7.19. The van der Waals surface area contributed by atoms with Crippen LogP contribution in [0.25, 0.3) is 0 Å². The molecule has 120 valence electrons. The summed E-state index contributed by atoms with van der Waals surface area (Å²) in [5.41, 5.74) is 0. The number of hydrogen-bond donors (Lipinski definition) is 1. The van der Waals surface area contributed by atoms with Crippen molar-refractivity contribution in [3.05, 3.63) is 0 Å². The normalized spacial score (nSPS) is 29.1. The third kappa shape index (κ3) is 6.16. The molecule has 0 aromatic rings. The van der Waals surface area contributed by atoms with Crippen LogP contribution in [0.1, 0.15) is 73.6 Å². The zero-order chi connectivity index (χ0) is 15.1. The predicted molar refractivity (Wildman–Crippen MR) is 90.9 cm³/mol. The number of nitrogens with one attached hydrogen (secondary N) is 1. The SMILES string of the molecule is CCC(C)CC1CC(C(C)C)CCC1CNCC(C)C. The van der Waals surface area contributed by atoms with Crippen molar-refractivity contribution >= 4 is 0 Å². The summed E-state index contributed by atoms with van der Waals surface area (Å²) in [5, 5.41) is 3.72. The Bertz CT molecular complexity index is 244. The third-order valence-electron chi connectivity index (χ3n) is 5.48. The highest BCUT2D eigenvalue weighted by Gasteiger charge is 2.32. The van der Waals surface area contributed by atoms with Crippen LogP contribution in [0.5, 0.6) is 0 Å². The van der Waals surface area contributed by atoms with Gasteiger partial charge in [-0.15, -0.1) is 0 Å². The minimum absolute atomic E-state index is 0.773. The molecule has 1 aliphatic carbocycles. The molecular weight excluding hydrogens is 242 g/mol. The minimum atomic E-state index is 0.773. The zero-order valence-electron chi connectivity index (χ0n) is 14.9. The highest BCUT2D eigenvalue weighted by Crippen LogP contribution is 2.40. The van der Waals surface area contributed by atoms with Crippen LogP contribution in [-0.4, -0.2) is 13.1 Å². The molecule has 0 aliphatic heterocycles. The highest BCUT2D eigenvalue weighted by atomic mass is 14.9. The van der Waals surface area contributed by atoms with Crippen molar-refractivity contribution in [2.75, 3.05) is 13.1 Å². The second-order valence-corrected chi connectivity index (χ2v) is 8.14. The van der Waals surface area contributed by atoms with Gasteiger partial charge in [-0.2, -0.15) is 0 Å². The van der Waals surface area contributed by atoms with Gasteiger partial charge in [-0.1, -0.05) is 48.0 Å². The first-order valence-electron chi connectivity index (χ1n) is 9.14. The van der Waals surface area contributed by atoms with Crippen molar-refractivity contribution in [2.45, 2.75) is 73.6 Å². The van der Waals surface area contributed by atoms with E-state index in [1.165, 1.54) is 45.2 Å². The zero-order valence-corrected chi connectivity index (χ0v) is 14.9. The summed E-state index contributed by atoms with van der Waals surface area (Å²) in [7, 11) is 0. The molecule has 0 bridgehead atoms. The molecular formula is C19H39N. The van der Waals surface area contributed by atoms with Crippen molar-refractivity contribution in [3.8, 4) is 0 Å². The number of rotatable bonds is 8. The maximum atomic E-state index is 3.72. The van der Waals surface area contributed by atoms with E-state index in [0.717, 1.165) is 35.5 Å². The Morgan fingerprint density at radius 2 is 1.70 bits per heavy atom. The second kappa shape index (κ2) is 9.07. The molecule has 1 fully saturated rings.